The number of aromatic nitrogens is 2. The third-order valence-corrected chi connectivity index (χ3v) is 2.58. The van der Waals surface area contributed by atoms with Crippen LogP contribution < -0.4 is 5.32 Å². The summed E-state index contributed by atoms with van der Waals surface area (Å²) in [5.41, 5.74) is 0. The monoisotopic (exact) mass is 285 g/mol. The predicted molar refractivity (Wildman–Crippen MR) is 67.0 cm³/mol. The minimum atomic E-state index is -0.00896. The van der Waals surface area contributed by atoms with Crippen LogP contribution >= 0.6 is 15.9 Å². The van der Waals surface area contributed by atoms with Crippen LogP contribution in [0.25, 0.3) is 0 Å². The van der Waals surface area contributed by atoms with Gasteiger partial charge in [-0.25, -0.2) is 0 Å². The van der Waals surface area contributed by atoms with Gasteiger partial charge in [0, 0.05) is 5.92 Å². The molecule has 1 N–H and O–H groups in total. The summed E-state index contributed by atoms with van der Waals surface area (Å²) in [4.78, 5) is 11.7. The quantitative estimate of drug-likeness (QED) is 0.926. The largest absolute Gasteiger partial charge is 0.309 e. The van der Waals surface area contributed by atoms with Crippen molar-refractivity contribution in [2.75, 3.05) is 5.32 Å². The zero-order chi connectivity index (χ0) is 12.1. The first-order valence-corrected chi connectivity index (χ1v) is 6.08. The van der Waals surface area contributed by atoms with E-state index in [0.29, 0.717) is 16.3 Å². The molecule has 5 heteroatoms. The van der Waals surface area contributed by atoms with E-state index in [4.69, 9.17) is 0 Å². The highest BCUT2D eigenvalue weighted by Crippen LogP contribution is 2.13. The standard InChI is InChI=1S/C11H16BrN3O/c1-7(2)6-8(3)11(16)13-10-5-4-9(12)14-15-10/h4-5,7-8H,6H2,1-3H3,(H,13,15,16). The van der Waals surface area contributed by atoms with Crippen molar-refractivity contribution < 1.29 is 4.79 Å². The van der Waals surface area contributed by atoms with Crippen molar-refractivity contribution in [2.24, 2.45) is 11.8 Å². The van der Waals surface area contributed by atoms with Crippen LogP contribution in [0.15, 0.2) is 16.7 Å². The van der Waals surface area contributed by atoms with Gasteiger partial charge in [0.2, 0.25) is 5.91 Å². The highest BCUT2D eigenvalue weighted by molar-refractivity contribution is 9.10. The molecule has 1 aromatic heterocycles. The van der Waals surface area contributed by atoms with E-state index < -0.39 is 0 Å². The molecule has 0 radical (unpaired) electrons. The van der Waals surface area contributed by atoms with Crippen LogP contribution in [-0.2, 0) is 4.79 Å². The Morgan fingerprint density at radius 3 is 2.56 bits per heavy atom. The van der Waals surface area contributed by atoms with E-state index in [9.17, 15) is 4.79 Å². The highest BCUT2D eigenvalue weighted by atomic mass is 79.9. The van der Waals surface area contributed by atoms with Gasteiger partial charge in [-0.3, -0.25) is 4.79 Å². The highest BCUT2D eigenvalue weighted by Gasteiger charge is 2.14. The first-order valence-electron chi connectivity index (χ1n) is 5.29. The van der Waals surface area contributed by atoms with Crippen LogP contribution in [0.4, 0.5) is 5.82 Å². The number of hydrogen-bond acceptors (Lipinski definition) is 3. The Bertz CT molecular complexity index is 351. The second-order valence-corrected chi connectivity index (χ2v) is 5.07. The van der Waals surface area contributed by atoms with E-state index in [2.05, 4.69) is 45.3 Å². The zero-order valence-corrected chi connectivity index (χ0v) is 11.3. The van der Waals surface area contributed by atoms with Gasteiger partial charge < -0.3 is 5.32 Å². The Hall–Kier alpha value is -0.970. The van der Waals surface area contributed by atoms with Gasteiger partial charge in [0.05, 0.1) is 0 Å². The molecule has 0 aliphatic carbocycles. The Balaban J connectivity index is 2.54. The van der Waals surface area contributed by atoms with Gasteiger partial charge >= 0.3 is 0 Å². The molecular weight excluding hydrogens is 270 g/mol. The lowest BCUT2D eigenvalue weighted by atomic mass is 9.98. The van der Waals surface area contributed by atoms with Gasteiger partial charge in [-0.2, -0.15) is 0 Å². The maximum Gasteiger partial charge on any atom is 0.228 e. The van der Waals surface area contributed by atoms with Gasteiger partial charge in [0.25, 0.3) is 0 Å². The molecule has 1 rings (SSSR count). The molecule has 88 valence electrons. The molecule has 0 spiro atoms. The van der Waals surface area contributed by atoms with Gasteiger partial charge in [-0.15, -0.1) is 10.2 Å². The fourth-order valence-electron chi connectivity index (χ4n) is 1.45. The molecule has 0 aromatic carbocycles. The van der Waals surface area contributed by atoms with Crippen molar-refractivity contribution in [1.29, 1.82) is 0 Å². The van der Waals surface area contributed by atoms with Gasteiger partial charge in [0.15, 0.2) is 5.82 Å². The number of anilines is 1. The first-order chi connectivity index (χ1) is 7.49. The molecule has 1 atom stereocenters. The molecule has 1 amide bonds. The number of hydrogen-bond donors (Lipinski definition) is 1. The van der Waals surface area contributed by atoms with Gasteiger partial charge in [-0.05, 0) is 40.4 Å². The summed E-state index contributed by atoms with van der Waals surface area (Å²) >= 11 is 3.19. The summed E-state index contributed by atoms with van der Waals surface area (Å²) in [6, 6.07) is 3.47. The van der Waals surface area contributed by atoms with Crippen molar-refractivity contribution in [2.45, 2.75) is 27.2 Å². The normalized spacial score (nSPS) is 12.6. The maximum atomic E-state index is 11.7. The number of carbonyl (C=O) groups excluding carboxylic acids is 1. The summed E-state index contributed by atoms with van der Waals surface area (Å²) < 4.78 is 0.653. The predicted octanol–water partition coefficient (Wildman–Crippen LogP) is 2.86. The number of amides is 1. The second-order valence-electron chi connectivity index (χ2n) is 4.26. The fraction of sp³-hybridized carbons (Fsp3) is 0.545. The summed E-state index contributed by atoms with van der Waals surface area (Å²) in [5.74, 6) is 0.983. The Labute approximate surface area is 104 Å². The molecular formula is C11H16BrN3O. The topological polar surface area (TPSA) is 54.9 Å². The Morgan fingerprint density at radius 2 is 2.06 bits per heavy atom. The summed E-state index contributed by atoms with van der Waals surface area (Å²) in [7, 11) is 0. The van der Waals surface area contributed by atoms with E-state index in [0.717, 1.165) is 6.42 Å². The van der Waals surface area contributed by atoms with Crippen LogP contribution in [0.3, 0.4) is 0 Å². The molecule has 1 unspecified atom stereocenters. The van der Waals surface area contributed by atoms with E-state index in [1.165, 1.54) is 0 Å². The SMILES string of the molecule is CC(C)CC(C)C(=O)Nc1ccc(Br)nn1. The lowest BCUT2D eigenvalue weighted by Crippen LogP contribution is -2.22. The Kier molecular flexibility index (Phi) is 4.86. The van der Waals surface area contributed by atoms with Crippen molar-refractivity contribution in [3.05, 3.63) is 16.7 Å². The number of carbonyl (C=O) groups is 1. The van der Waals surface area contributed by atoms with Crippen molar-refractivity contribution in [3.63, 3.8) is 0 Å². The minimum Gasteiger partial charge on any atom is -0.309 e. The third-order valence-electron chi connectivity index (χ3n) is 2.16. The molecule has 16 heavy (non-hydrogen) atoms. The van der Waals surface area contributed by atoms with Crippen molar-refractivity contribution in [1.82, 2.24) is 10.2 Å². The molecule has 0 aliphatic heterocycles. The number of rotatable bonds is 4. The summed E-state index contributed by atoms with van der Waals surface area (Å²) in [5, 5.41) is 10.4. The average molecular weight is 286 g/mol. The van der Waals surface area contributed by atoms with Crippen LogP contribution in [0.5, 0.6) is 0 Å². The van der Waals surface area contributed by atoms with E-state index >= 15 is 0 Å². The minimum absolute atomic E-state index is 0.00885. The second kappa shape index (κ2) is 5.94. The fourth-order valence-corrected chi connectivity index (χ4v) is 1.66. The lowest BCUT2D eigenvalue weighted by Gasteiger charge is -2.13. The molecule has 0 bridgehead atoms. The third kappa shape index (κ3) is 4.26. The lowest BCUT2D eigenvalue weighted by molar-refractivity contribution is -0.119. The van der Waals surface area contributed by atoms with E-state index in [-0.39, 0.29) is 11.8 Å². The molecule has 0 aliphatic rings. The zero-order valence-electron chi connectivity index (χ0n) is 9.70. The van der Waals surface area contributed by atoms with Gasteiger partial charge in [0.1, 0.15) is 4.60 Å². The van der Waals surface area contributed by atoms with E-state index in [1.54, 1.807) is 12.1 Å². The van der Waals surface area contributed by atoms with Crippen LogP contribution in [0.2, 0.25) is 0 Å². The van der Waals surface area contributed by atoms with E-state index in [1.807, 2.05) is 6.92 Å². The molecule has 0 saturated heterocycles. The number of nitrogens with zero attached hydrogens (tertiary/aromatic N) is 2. The van der Waals surface area contributed by atoms with Crippen LogP contribution in [0, 0.1) is 11.8 Å². The summed E-state index contributed by atoms with van der Waals surface area (Å²) in [6.45, 7) is 6.12. The maximum absolute atomic E-state index is 11.7. The molecule has 4 nitrogen and oxygen atoms in total. The first kappa shape index (κ1) is 13.1. The Morgan fingerprint density at radius 1 is 1.38 bits per heavy atom. The van der Waals surface area contributed by atoms with Crippen molar-refractivity contribution >= 4 is 27.7 Å². The summed E-state index contributed by atoms with van der Waals surface area (Å²) in [6.07, 6.45) is 0.871. The molecule has 0 fully saturated rings. The molecule has 1 aromatic rings. The molecule has 0 saturated carbocycles. The average Bonchev–Trinajstić information content (AvgIpc) is 2.20. The van der Waals surface area contributed by atoms with Crippen molar-refractivity contribution in [3.8, 4) is 0 Å². The smallest absolute Gasteiger partial charge is 0.228 e. The van der Waals surface area contributed by atoms with Crippen LogP contribution in [0.1, 0.15) is 27.2 Å². The molecule has 1 heterocycles. The number of nitrogens with one attached hydrogen (secondary N) is 1. The van der Waals surface area contributed by atoms with Gasteiger partial charge in [-0.1, -0.05) is 20.8 Å². The van der Waals surface area contributed by atoms with Crippen LogP contribution in [-0.4, -0.2) is 16.1 Å². The number of halogens is 1.